The molecule has 1 nitrogen and oxygen atoms in total. The number of benzene rings is 1. The Morgan fingerprint density at radius 3 is 1.55 bits per heavy atom. The van der Waals surface area contributed by atoms with Gasteiger partial charge in [-0.3, -0.25) is 4.90 Å². The quantitative estimate of drug-likeness (QED) is 0.302. The third-order valence-electron chi connectivity index (χ3n) is 6.41. The number of hydrogen-bond donors (Lipinski definition) is 0. The first-order valence-electron chi connectivity index (χ1n) is 7.78. The van der Waals surface area contributed by atoms with Crippen LogP contribution in [0.3, 0.4) is 0 Å². The molecule has 2 aliphatic heterocycles. The SMILES string of the molecule is CN1[C@@H]2c3c(F)c(F)c(F)c(F)c3[C@H]1[C@H]1[C@@H]2[C@H]2C=C[C@@H]1CC2. The van der Waals surface area contributed by atoms with Crippen molar-refractivity contribution >= 4 is 0 Å². The van der Waals surface area contributed by atoms with E-state index in [4.69, 9.17) is 0 Å². The van der Waals surface area contributed by atoms with Crippen LogP contribution in [0.1, 0.15) is 36.1 Å². The smallest absolute Gasteiger partial charge is 0.197 e. The lowest BCUT2D eigenvalue weighted by atomic mass is 9.57. The Labute approximate surface area is 125 Å². The highest BCUT2D eigenvalue weighted by Gasteiger charge is 2.62. The fourth-order valence-electron chi connectivity index (χ4n) is 5.72. The molecule has 4 bridgehead atoms. The Hall–Kier alpha value is -1.36. The second kappa shape index (κ2) is 3.94. The number of fused-ring (bicyclic) bond motifs is 6. The molecule has 0 unspecified atom stereocenters. The molecule has 0 amide bonds. The maximum absolute atomic E-state index is 14.3. The Morgan fingerprint density at radius 2 is 1.18 bits per heavy atom. The van der Waals surface area contributed by atoms with Crippen molar-refractivity contribution in [3.8, 4) is 0 Å². The van der Waals surface area contributed by atoms with E-state index in [1.165, 1.54) is 0 Å². The van der Waals surface area contributed by atoms with E-state index >= 15 is 0 Å². The molecule has 5 aliphatic rings. The minimum absolute atomic E-state index is 0.0612. The molecule has 116 valence electrons. The van der Waals surface area contributed by atoms with Gasteiger partial charge in [-0.15, -0.1) is 0 Å². The van der Waals surface area contributed by atoms with Gasteiger partial charge in [0.1, 0.15) is 0 Å². The van der Waals surface area contributed by atoms with Crippen LogP contribution in [0, 0.1) is 46.9 Å². The predicted octanol–water partition coefficient (Wildman–Crippen LogP) is 4.11. The zero-order valence-electron chi connectivity index (χ0n) is 12.0. The number of hydrogen-bond acceptors (Lipinski definition) is 1. The number of allylic oxidation sites excluding steroid dienone is 2. The third kappa shape index (κ3) is 1.23. The normalized spacial score (nSPS) is 41.1. The first kappa shape index (κ1) is 13.1. The molecule has 0 radical (unpaired) electrons. The van der Waals surface area contributed by atoms with Gasteiger partial charge in [-0.25, -0.2) is 17.6 Å². The first-order valence-corrected chi connectivity index (χ1v) is 7.78. The van der Waals surface area contributed by atoms with Gasteiger partial charge in [-0.1, -0.05) is 12.2 Å². The van der Waals surface area contributed by atoms with Gasteiger partial charge in [0.25, 0.3) is 0 Å². The van der Waals surface area contributed by atoms with Gasteiger partial charge in [0, 0.05) is 23.2 Å². The summed E-state index contributed by atoms with van der Waals surface area (Å²) < 4.78 is 56.1. The van der Waals surface area contributed by atoms with Crippen LogP contribution >= 0.6 is 0 Å². The molecule has 1 saturated carbocycles. The summed E-state index contributed by atoms with van der Waals surface area (Å²) >= 11 is 0. The summed E-state index contributed by atoms with van der Waals surface area (Å²) in [6.07, 6.45) is 6.44. The van der Waals surface area contributed by atoms with E-state index in [0.29, 0.717) is 11.8 Å². The molecule has 2 fully saturated rings. The van der Waals surface area contributed by atoms with E-state index < -0.39 is 23.3 Å². The van der Waals surface area contributed by atoms with Crippen molar-refractivity contribution in [1.29, 1.82) is 0 Å². The summed E-state index contributed by atoms with van der Waals surface area (Å²) in [4.78, 5) is 1.93. The highest BCUT2D eigenvalue weighted by Crippen LogP contribution is 2.67. The van der Waals surface area contributed by atoms with Gasteiger partial charge in [-0.05, 0) is 43.6 Å². The van der Waals surface area contributed by atoms with Crippen molar-refractivity contribution in [2.24, 2.45) is 23.7 Å². The van der Waals surface area contributed by atoms with E-state index in [0.717, 1.165) is 12.8 Å². The molecule has 3 aliphatic carbocycles. The minimum atomic E-state index is -1.68. The molecule has 0 spiro atoms. The van der Waals surface area contributed by atoms with Gasteiger partial charge < -0.3 is 0 Å². The summed E-state index contributed by atoms with van der Waals surface area (Å²) in [6, 6.07) is -0.681. The topological polar surface area (TPSA) is 3.24 Å². The number of rotatable bonds is 0. The van der Waals surface area contributed by atoms with Gasteiger partial charge in [0.15, 0.2) is 23.3 Å². The molecular weight excluding hydrogens is 294 g/mol. The first-order chi connectivity index (χ1) is 10.5. The average Bonchev–Trinajstić information content (AvgIpc) is 3.02. The van der Waals surface area contributed by atoms with E-state index in [2.05, 4.69) is 12.2 Å². The molecule has 5 heteroatoms. The van der Waals surface area contributed by atoms with Crippen molar-refractivity contribution in [1.82, 2.24) is 4.90 Å². The molecule has 6 atom stereocenters. The summed E-state index contributed by atoms with van der Waals surface area (Å²) in [5, 5.41) is 0. The summed E-state index contributed by atoms with van der Waals surface area (Å²) in [7, 11) is 1.82. The third-order valence-corrected chi connectivity index (χ3v) is 6.41. The summed E-state index contributed by atoms with van der Waals surface area (Å²) in [5.74, 6) is -4.72. The predicted molar refractivity (Wildman–Crippen MR) is 71.9 cm³/mol. The average molecular weight is 309 g/mol. The van der Waals surface area contributed by atoms with Crippen LogP contribution in [0.25, 0.3) is 0 Å². The van der Waals surface area contributed by atoms with Crippen molar-refractivity contribution < 1.29 is 17.6 Å². The lowest BCUT2D eigenvalue weighted by Gasteiger charge is -2.46. The number of halogens is 4. The highest BCUT2D eigenvalue weighted by molar-refractivity contribution is 5.46. The van der Waals surface area contributed by atoms with Crippen molar-refractivity contribution in [2.45, 2.75) is 24.9 Å². The lowest BCUT2D eigenvalue weighted by molar-refractivity contribution is 0.118. The molecule has 1 saturated heterocycles. The molecule has 0 aromatic heterocycles. The van der Waals surface area contributed by atoms with Crippen LogP contribution in [0.4, 0.5) is 17.6 Å². The fraction of sp³-hybridized carbons (Fsp3) is 0.529. The standard InChI is InChI=1S/C17H15F4N/c1-22-16-8-6-2-3-7(5-4-6)9(8)17(22)11-10(16)12(18)14(20)15(21)13(11)19/h2-3,6-9,16-17H,4-5H2,1H3/t6-,7+,8-,9+,16-,17+. The van der Waals surface area contributed by atoms with Crippen LogP contribution in [-0.2, 0) is 0 Å². The summed E-state index contributed by atoms with van der Waals surface area (Å²) in [6.45, 7) is 0. The second-order valence-corrected chi connectivity index (χ2v) is 7.08. The van der Waals surface area contributed by atoms with Crippen LogP contribution in [0.2, 0.25) is 0 Å². The van der Waals surface area contributed by atoms with E-state index in [-0.39, 0.29) is 35.0 Å². The van der Waals surface area contributed by atoms with Crippen molar-refractivity contribution in [3.63, 3.8) is 0 Å². The Bertz CT molecular complexity index is 669. The Balaban J connectivity index is 1.79. The zero-order chi connectivity index (χ0) is 15.3. The molecule has 6 rings (SSSR count). The fourth-order valence-corrected chi connectivity index (χ4v) is 5.72. The largest absolute Gasteiger partial charge is 0.291 e. The van der Waals surface area contributed by atoms with Crippen LogP contribution in [-0.4, -0.2) is 11.9 Å². The van der Waals surface area contributed by atoms with E-state index in [1.807, 2.05) is 11.9 Å². The Morgan fingerprint density at radius 1 is 0.773 bits per heavy atom. The van der Waals surface area contributed by atoms with Gasteiger partial charge >= 0.3 is 0 Å². The van der Waals surface area contributed by atoms with Crippen LogP contribution in [0.5, 0.6) is 0 Å². The van der Waals surface area contributed by atoms with E-state index in [1.54, 1.807) is 0 Å². The maximum atomic E-state index is 14.3. The highest BCUT2D eigenvalue weighted by atomic mass is 19.2. The molecule has 1 aromatic carbocycles. The minimum Gasteiger partial charge on any atom is -0.291 e. The van der Waals surface area contributed by atoms with E-state index in [9.17, 15) is 17.6 Å². The van der Waals surface area contributed by atoms with Crippen molar-refractivity contribution in [2.75, 3.05) is 7.05 Å². The monoisotopic (exact) mass is 309 g/mol. The zero-order valence-corrected chi connectivity index (χ0v) is 12.0. The lowest BCUT2D eigenvalue weighted by Crippen LogP contribution is -2.40. The second-order valence-electron chi connectivity index (χ2n) is 7.08. The van der Waals surface area contributed by atoms with Gasteiger partial charge in [0.05, 0.1) is 0 Å². The van der Waals surface area contributed by atoms with Crippen LogP contribution in [0.15, 0.2) is 12.2 Å². The number of nitrogens with zero attached hydrogens (tertiary/aromatic N) is 1. The molecule has 0 N–H and O–H groups in total. The molecular formula is C17H15F4N. The van der Waals surface area contributed by atoms with Crippen molar-refractivity contribution in [3.05, 3.63) is 46.5 Å². The molecule has 2 heterocycles. The van der Waals surface area contributed by atoms with Gasteiger partial charge in [0.2, 0.25) is 0 Å². The molecule has 22 heavy (non-hydrogen) atoms. The Kier molecular flexibility index (Phi) is 2.35. The van der Waals surface area contributed by atoms with Gasteiger partial charge in [-0.2, -0.15) is 0 Å². The maximum Gasteiger partial charge on any atom is 0.197 e. The molecule has 1 aromatic rings. The van der Waals surface area contributed by atoms with Crippen LogP contribution < -0.4 is 0 Å². The summed E-state index contributed by atoms with van der Waals surface area (Å²) in [5.41, 5.74) is 0.122.